The van der Waals surface area contributed by atoms with E-state index >= 15 is 0 Å². The van der Waals surface area contributed by atoms with E-state index in [0.29, 0.717) is 17.0 Å². The van der Waals surface area contributed by atoms with Crippen molar-refractivity contribution in [1.82, 2.24) is 0 Å². The molecular weight excluding hydrogens is 380 g/mol. The Labute approximate surface area is 165 Å². The fourth-order valence-corrected chi connectivity index (χ4v) is 3.61. The molecule has 1 amide bonds. The zero-order valence-electron chi connectivity index (χ0n) is 15.7. The molecule has 0 radical (unpaired) electrons. The maximum atomic E-state index is 14.1. The van der Waals surface area contributed by atoms with Crippen LogP contribution in [0.1, 0.15) is 28.8 Å². The van der Waals surface area contributed by atoms with Gasteiger partial charge in [0.15, 0.2) is 0 Å². The number of benzene rings is 2. The number of rotatable bonds is 4. The summed E-state index contributed by atoms with van der Waals surface area (Å²) in [6.07, 6.45) is 0.229. The van der Waals surface area contributed by atoms with Crippen LogP contribution in [0.2, 0.25) is 0 Å². The van der Waals surface area contributed by atoms with E-state index < -0.39 is 23.0 Å². The van der Waals surface area contributed by atoms with Crippen LogP contribution >= 0.6 is 0 Å². The van der Waals surface area contributed by atoms with Crippen molar-refractivity contribution in [3.63, 3.8) is 0 Å². The number of nitrogens with one attached hydrogen (secondary N) is 1. The highest BCUT2D eigenvalue weighted by atomic mass is 19.1. The minimum absolute atomic E-state index is 0.0619. The third-order valence-corrected chi connectivity index (χ3v) is 5.18. The van der Waals surface area contributed by atoms with E-state index in [1.165, 1.54) is 25.3 Å². The molecule has 29 heavy (non-hydrogen) atoms. The lowest BCUT2D eigenvalue weighted by atomic mass is 9.79. The van der Waals surface area contributed by atoms with Crippen LogP contribution in [0.15, 0.2) is 52.9 Å². The van der Waals surface area contributed by atoms with Gasteiger partial charge >= 0.3 is 5.97 Å². The summed E-state index contributed by atoms with van der Waals surface area (Å²) in [6, 6.07) is 11.6. The first kappa shape index (κ1) is 18.9. The second kappa shape index (κ2) is 6.84. The number of methoxy groups -OCH3 is 1. The molecule has 1 aromatic heterocycles. The molecule has 5 nitrogen and oxygen atoms in total. The maximum absolute atomic E-state index is 14.1. The molecule has 7 heteroatoms. The topological polar surface area (TPSA) is 68.5 Å². The molecule has 0 bridgehead atoms. The number of ether oxygens (including phenoxy) is 1. The van der Waals surface area contributed by atoms with Gasteiger partial charge in [0.1, 0.15) is 17.4 Å². The Kier molecular flexibility index (Phi) is 4.45. The molecule has 1 atom stereocenters. The third-order valence-electron chi connectivity index (χ3n) is 5.18. The van der Waals surface area contributed by atoms with Gasteiger partial charge in [-0.15, -0.1) is 0 Å². The van der Waals surface area contributed by atoms with E-state index in [9.17, 15) is 18.4 Å². The molecule has 2 aromatic carbocycles. The number of anilines is 1. The second-order valence-corrected chi connectivity index (χ2v) is 7.11. The fourth-order valence-electron chi connectivity index (χ4n) is 3.61. The van der Waals surface area contributed by atoms with Crippen LogP contribution in [0.4, 0.5) is 14.5 Å². The summed E-state index contributed by atoms with van der Waals surface area (Å²) < 4.78 is 37.4. The number of fused-ring (bicyclic) bond motifs is 1. The smallest absolute Gasteiger partial charge is 0.373 e. The standard InChI is InChI=1S/C22H17F2NO4/c1-22(11-14-5-8-19(29-14)20(26)28-2)16-7-3-12(9-18(16)25-21(22)27)15-6-4-13(23)10-17(15)24/h3-10H,11H2,1-2H3,(H,25,27). The van der Waals surface area contributed by atoms with Crippen molar-refractivity contribution in [2.45, 2.75) is 18.8 Å². The summed E-state index contributed by atoms with van der Waals surface area (Å²) in [5, 5.41) is 2.82. The van der Waals surface area contributed by atoms with Crippen LogP contribution in [0, 0.1) is 11.6 Å². The van der Waals surface area contributed by atoms with Gasteiger partial charge in [0.2, 0.25) is 11.7 Å². The molecular formula is C22H17F2NO4. The highest BCUT2D eigenvalue weighted by Crippen LogP contribution is 2.42. The van der Waals surface area contributed by atoms with E-state index in [4.69, 9.17) is 4.42 Å². The predicted molar refractivity (Wildman–Crippen MR) is 102 cm³/mol. The minimum Gasteiger partial charge on any atom is -0.463 e. The summed E-state index contributed by atoms with van der Waals surface area (Å²) >= 11 is 0. The predicted octanol–water partition coefficient (Wildman–Crippen LogP) is 4.46. The maximum Gasteiger partial charge on any atom is 0.373 e. The minimum atomic E-state index is -0.930. The number of esters is 1. The molecule has 1 aliphatic rings. The van der Waals surface area contributed by atoms with Crippen LogP contribution in [-0.2, 0) is 21.4 Å². The molecule has 148 valence electrons. The summed E-state index contributed by atoms with van der Waals surface area (Å²) in [6.45, 7) is 1.77. The van der Waals surface area contributed by atoms with Crippen molar-refractivity contribution in [1.29, 1.82) is 0 Å². The lowest BCUT2D eigenvalue weighted by molar-refractivity contribution is -0.120. The van der Waals surface area contributed by atoms with Gasteiger partial charge in [-0.1, -0.05) is 12.1 Å². The van der Waals surface area contributed by atoms with Crippen molar-refractivity contribution in [2.24, 2.45) is 0 Å². The molecule has 3 aromatic rings. The van der Waals surface area contributed by atoms with Gasteiger partial charge in [0, 0.05) is 23.7 Å². The number of hydrogen-bond acceptors (Lipinski definition) is 4. The molecule has 0 saturated heterocycles. The van der Waals surface area contributed by atoms with Gasteiger partial charge in [-0.25, -0.2) is 13.6 Å². The van der Waals surface area contributed by atoms with E-state index in [2.05, 4.69) is 10.1 Å². The molecule has 4 rings (SSSR count). The number of carbonyl (C=O) groups is 2. The first-order chi connectivity index (χ1) is 13.8. The summed E-state index contributed by atoms with van der Waals surface area (Å²) in [4.78, 5) is 24.3. The monoisotopic (exact) mass is 397 g/mol. The van der Waals surface area contributed by atoms with E-state index in [-0.39, 0.29) is 23.7 Å². The van der Waals surface area contributed by atoms with E-state index in [1.807, 2.05) is 0 Å². The molecule has 0 aliphatic carbocycles. The summed E-state index contributed by atoms with van der Waals surface area (Å²) in [5.74, 6) is -1.64. The largest absolute Gasteiger partial charge is 0.463 e. The fraction of sp³-hybridized carbons (Fsp3) is 0.182. The number of furan rings is 1. The number of hydrogen-bond donors (Lipinski definition) is 1. The molecule has 2 heterocycles. The zero-order valence-corrected chi connectivity index (χ0v) is 15.7. The van der Waals surface area contributed by atoms with Crippen molar-refractivity contribution < 1.29 is 27.5 Å². The quantitative estimate of drug-likeness (QED) is 0.660. The Morgan fingerprint density at radius 2 is 1.93 bits per heavy atom. The molecule has 0 saturated carbocycles. The van der Waals surface area contributed by atoms with Crippen LogP contribution < -0.4 is 5.32 Å². The number of carbonyl (C=O) groups excluding carboxylic acids is 2. The zero-order chi connectivity index (χ0) is 20.8. The van der Waals surface area contributed by atoms with Gasteiger partial charge in [-0.2, -0.15) is 0 Å². The van der Waals surface area contributed by atoms with Gasteiger partial charge in [0.25, 0.3) is 0 Å². The SMILES string of the molecule is COC(=O)c1ccc(CC2(C)C(=O)Nc3cc(-c4ccc(F)cc4F)ccc32)o1. The first-order valence-electron chi connectivity index (χ1n) is 8.90. The average Bonchev–Trinajstić information content (AvgIpc) is 3.24. The molecule has 0 fully saturated rings. The van der Waals surface area contributed by atoms with Crippen LogP contribution in [0.3, 0.4) is 0 Å². The Morgan fingerprint density at radius 3 is 2.66 bits per heavy atom. The summed E-state index contributed by atoms with van der Waals surface area (Å²) in [5.41, 5.74) is 1.12. The van der Waals surface area contributed by atoms with E-state index in [0.717, 1.165) is 11.6 Å². The highest BCUT2D eigenvalue weighted by molar-refractivity contribution is 6.06. The average molecular weight is 397 g/mol. The molecule has 1 N–H and O–H groups in total. The number of halogens is 2. The second-order valence-electron chi connectivity index (χ2n) is 7.11. The van der Waals surface area contributed by atoms with Crippen LogP contribution in [0.25, 0.3) is 11.1 Å². The van der Waals surface area contributed by atoms with Crippen LogP contribution in [-0.4, -0.2) is 19.0 Å². The van der Waals surface area contributed by atoms with Gasteiger partial charge in [0.05, 0.1) is 12.5 Å². The number of amides is 1. The third kappa shape index (κ3) is 3.18. The normalized spacial score (nSPS) is 17.7. The Bertz CT molecular complexity index is 1140. The van der Waals surface area contributed by atoms with Crippen molar-refractivity contribution >= 4 is 17.6 Å². The lowest BCUT2D eigenvalue weighted by Crippen LogP contribution is -2.33. The van der Waals surface area contributed by atoms with Crippen molar-refractivity contribution in [3.8, 4) is 11.1 Å². The lowest BCUT2D eigenvalue weighted by Gasteiger charge is -2.21. The van der Waals surface area contributed by atoms with Crippen molar-refractivity contribution in [2.75, 3.05) is 12.4 Å². The summed E-state index contributed by atoms with van der Waals surface area (Å²) in [7, 11) is 1.26. The Hall–Kier alpha value is -3.48. The van der Waals surface area contributed by atoms with Gasteiger partial charge in [-0.05, 0) is 48.4 Å². The molecule has 1 unspecified atom stereocenters. The van der Waals surface area contributed by atoms with E-state index in [1.54, 1.807) is 31.2 Å². The highest BCUT2D eigenvalue weighted by Gasteiger charge is 2.43. The van der Waals surface area contributed by atoms with Crippen molar-refractivity contribution in [3.05, 3.63) is 77.2 Å². The Morgan fingerprint density at radius 1 is 1.14 bits per heavy atom. The Balaban J connectivity index is 1.67. The van der Waals surface area contributed by atoms with Gasteiger partial charge < -0.3 is 14.5 Å². The first-order valence-corrected chi connectivity index (χ1v) is 8.90. The van der Waals surface area contributed by atoms with Gasteiger partial charge in [-0.3, -0.25) is 4.79 Å². The van der Waals surface area contributed by atoms with Crippen LogP contribution in [0.5, 0.6) is 0 Å². The molecule has 0 spiro atoms. The molecule has 1 aliphatic heterocycles.